The van der Waals surface area contributed by atoms with E-state index in [0.717, 1.165) is 39.4 Å². The molecule has 162 valence electrons. The summed E-state index contributed by atoms with van der Waals surface area (Å²) in [5.41, 5.74) is 3.10. The van der Waals surface area contributed by atoms with E-state index in [1.807, 2.05) is 78.6 Å². The van der Waals surface area contributed by atoms with Crippen molar-refractivity contribution in [3.63, 3.8) is 0 Å². The van der Waals surface area contributed by atoms with Gasteiger partial charge >= 0.3 is 0 Å². The standard InChI is InChI=1S/C26H24N2O4/c1-17-7-12-24(32-17)25-16-28(13-14-31-25)26(29)21-15-23(18-8-10-19(30-2)11-9-18)27-22-6-4-3-5-20(21)22/h3-12,15,25H,13-14,16H2,1-2H3/t25-/m1/s1. The molecule has 32 heavy (non-hydrogen) atoms. The average Bonchev–Trinajstić information content (AvgIpc) is 3.29. The molecule has 1 saturated heterocycles. The molecule has 0 spiro atoms. The molecule has 0 radical (unpaired) electrons. The van der Waals surface area contributed by atoms with Crippen LogP contribution in [0.5, 0.6) is 5.75 Å². The predicted molar refractivity (Wildman–Crippen MR) is 122 cm³/mol. The maximum absolute atomic E-state index is 13.7. The van der Waals surface area contributed by atoms with Crippen molar-refractivity contribution in [2.45, 2.75) is 13.0 Å². The van der Waals surface area contributed by atoms with Gasteiger partial charge in [0.2, 0.25) is 0 Å². The molecular formula is C26H24N2O4. The highest BCUT2D eigenvalue weighted by Gasteiger charge is 2.29. The number of hydrogen-bond acceptors (Lipinski definition) is 5. The van der Waals surface area contributed by atoms with Gasteiger partial charge in [-0.3, -0.25) is 4.79 Å². The van der Waals surface area contributed by atoms with Crippen LogP contribution in [0.2, 0.25) is 0 Å². The lowest BCUT2D eigenvalue weighted by molar-refractivity contribution is -0.0323. The second-order valence-electron chi connectivity index (χ2n) is 7.86. The molecule has 1 aliphatic heterocycles. The average molecular weight is 428 g/mol. The zero-order valence-corrected chi connectivity index (χ0v) is 18.1. The lowest BCUT2D eigenvalue weighted by atomic mass is 10.0. The third-order valence-corrected chi connectivity index (χ3v) is 5.76. The maximum atomic E-state index is 13.7. The van der Waals surface area contributed by atoms with Gasteiger partial charge in [-0.2, -0.15) is 0 Å². The second kappa shape index (κ2) is 8.48. The van der Waals surface area contributed by atoms with Crippen LogP contribution in [-0.2, 0) is 4.74 Å². The van der Waals surface area contributed by atoms with Gasteiger partial charge in [-0.25, -0.2) is 4.98 Å². The van der Waals surface area contributed by atoms with Gasteiger partial charge in [0.05, 0.1) is 37.0 Å². The van der Waals surface area contributed by atoms with Crippen LogP contribution in [0.3, 0.4) is 0 Å². The zero-order chi connectivity index (χ0) is 22.1. The summed E-state index contributed by atoms with van der Waals surface area (Å²) in [6.07, 6.45) is -0.268. The van der Waals surface area contributed by atoms with Crippen LogP contribution < -0.4 is 4.74 Å². The number of carbonyl (C=O) groups is 1. The van der Waals surface area contributed by atoms with Crippen molar-refractivity contribution < 1.29 is 18.7 Å². The van der Waals surface area contributed by atoms with Crippen LogP contribution in [0.4, 0.5) is 0 Å². The van der Waals surface area contributed by atoms with Gasteiger partial charge in [0.25, 0.3) is 5.91 Å². The summed E-state index contributed by atoms with van der Waals surface area (Å²) >= 11 is 0. The number of pyridine rings is 1. The molecule has 3 heterocycles. The van der Waals surface area contributed by atoms with Gasteiger partial charge in [-0.1, -0.05) is 18.2 Å². The highest BCUT2D eigenvalue weighted by atomic mass is 16.5. The van der Waals surface area contributed by atoms with Gasteiger partial charge < -0.3 is 18.8 Å². The number of hydrogen-bond donors (Lipinski definition) is 0. The summed E-state index contributed by atoms with van der Waals surface area (Å²) in [4.78, 5) is 20.3. The van der Waals surface area contributed by atoms with E-state index in [-0.39, 0.29) is 12.0 Å². The Kier molecular flexibility index (Phi) is 5.37. The van der Waals surface area contributed by atoms with E-state index in [4.69, 9.17) is 18.9 Å². The molecule has 6 heteroatoms. The zero-order valence-electron chi connectivity index (χ0n) is 18.1. The molecule has 2 aromatic carbocycles. The number of amides is 1. The number of aryl methyl sites for hydroxylation is 1. The highest BCUT2D eigenvalue weighted by molar-refractivity contribution is 6.07. The number of nitrogens with zero attached hydrogens (tertiary/aromatic N) is 2. The summed E-state index contributed by atoms with van der Waals surface area (Å²) in [5, 5.41) is 0.839. The number of carbonyl (C=O) groups excluding carboxylic acids is 1. The first-order chi connectivity index (χ1) is 15.6. The largest absolute Gasteiger partial charge is 0.497 e. The molecule has 1 amide bonds. The Morgan fingerprint density at radius 3 is 2.66 bits per heavy atom. The number of benzene rings is 2. The first kappa shape index (κ1) is 20.3. The van der Waals surface area contributed by atoms with Crippen molar-refractivity contribution >= 4 is 16.8 Å². The Balaban J connectivity index is 1.51. The van der Waals surface area contributed by atoms with Crippen molar-refractivity contribution in [2.24, 2.45) is 0 Å². The van der Waals surface area contributed by atoms with Crippen LogP contribution in [0.25, 0.3) is 22.2 Å². The molecule has 1 atom stereocenters. The number of rotatable bonds is 4. The third-order valence-electron chi connectivity index (χ3n) is 5.76. The first-order valence-electron chi connectivity index (χ1n) is 10.6. The van der Waals surface area contributed by atoms with E-state index in [0.29, 0.717) is 25.3 Å². The minimum Gasteiger partial charge on any atom is -0.497 e. The molecule has 0 N–H and O–H groups in total. The molecule has 0 unspecified atom stereocenters. The summed E-state index contributed by atoms with van der Waals surface area (Å²) in [6, 6.07) is 21.2. The van der Waals surface area contributed by atoms with E-state index in [9.17, 15) is 4.79 Å². The molecule has 2 aromatic heterocycles. The minimum atomic E-state index is -0.268. The van der Waals surface area contributed by atoms with Crippen LogP contribution in [0.15, 0.2) is 71.1 Å². The van der Waals surface area contributed by atoms with E-state index >= 15 is 0 Å². The molecule has 1 aliphatic rings. The molecule has 0 saturated carbocycles. The number of ether oxygens (including phenoxy) is 2. The van der Waals surface area contributed by atoms with E-state index in [1.54, 1.807) is 7.11 Å². The van der Waals surface area contributed by atoms with Gasteiger partial charge in [-0.15, -0.1) is 0 Å². The Labute approximate surface area is 186 Å². The number of furan rings is 1. The van der Waals surface area contributed by atoms with E-state index in [1.165, 1.54) is 0 Å². The quantitative estimate of drug-likeness (QED) is 0.456. The number of methoxy groups -OCH3 is 1. The molecule has 6 nitrogen and oxygen atoms in total. The number of aromatic nitrogens is 1. The van der Waals surface area contributed by atoms with E-state index < -0.39 is 0 Å². The van der Waals surface area contributed by atoms with Crippen LogP contribution in [0, 0.1) is 6.92 Å². The van der Waals surface area contributed by atoms with Crippen molar-refractivity contribution in [3.05, 3.63) is 83.8 Å². The number of fused-ring (bicyclic) bond motifs is 1. The van der Waals surface area contributed by atoms with Crippen molar-refractivity contribution in [1.29, 1.82) is 0 Å². The van der Waals surface area contributed by atoms with E-state index in [2.05, 4.69) is 0 Å². The Morgan fingerprint density at radius 1 is 1.09 bits per heavy atom. The highest BCUT2D eigenvalue weighted by Crippen LogP contribution is 2.29. The molecule has 0 bridgehead atoms. The van der Waals surface area contributed by atoms with Crippen molar-refractivity contribution in [3.8, 4) is 17.0 Å². The number of morpholine rings is 1. The fraction of sp³-hybridized carbons (Fsp3) is 0.231. The van der Waals surface area contributed by atoms with Crippen LogP contribution >= 0.6 is 0 Å². The van der Waals surface area contributed by atoms with Gasteiger partial charge in [0, 0.05) is 17.5 Å². The van der Waals surface area contributed by atoms with Gasteiger partial charge in [0.1, 0.15) is 23.4 Å². The molecular weight excluding hydrogens is 404 g/mol. The minimum absolute atomic E-state index is 0.0325. The fourth-order valence-corrected chi connectivity index (χ4v) is 4.06. The molecule has 1 fully saturated rings. The fourth-order valence-electron chi connectivity index (χ4n) is 4.06. The normalized spacial score (nSPS) is 16.3. The molecule has 5 rings (SSSR count). The Hall–Kier alpha value is -3.64. The SMILES string of the molecule is COc1ccc(-c2cc(C(=O)N3CCO[C@@H](c4ccc(C)o4)C3)c3ccccc3n2)cc1. The lowest BCUT2D eigenvalue weighted by Gasteiger charge is -2.32. The molecule has 4 aromatic rings. The summed E-state index contributed by atoms with van der Waals surface area (Å²) in [5.74, 6) is 2.32. The lowest BCUT2D eigenvalue weighted by Crippen LogP contribution is -2.42. The van der Waals surface area contributed by atoms with Crippen molar-refractivity contribution in [2.75, 3.05) is 26.8 Å². The van der Waals surface area contributed by atoms with Crippen molar-refractivity contribution in [1.82, 2.24) is 9.88 Å². The van der Waals surface area contributed by atoms with Crippen LogP contribution in [0.1, 0.15) is 28.0 Å². The monoisotopic (exact) mass is 428 g/mol. The smallest absolute Gasteiger partial charge is 0.254 e. The van der Waals surface area contributed by atoms with Gasteiger partial charge in [-0.05, 0) is 55.5 Å². The topological polar surface area (TPSA) is 64.8 Å². The predicted octanol–water partition coefficient (Wildman–Crippen LogP) is 5.03. The Morgan fingerprint density at radius 2 is 1.91 bits per heavy atom. The van der Waals surface area contributed by atoms with Gasteiger partial charge in [0.15, 0.2) is 0 Å². The first-order valence-corrected chi connectivity index (χ1v) is 10.6. The van der Waals surface area contributed by atoms with Crippen LogP contribution in [-0.4, -0.2) is 42.6 Å². The molecule has 0 aliphatic carbocycles. The summed E-state index contributed by atoms with van der Waals surface area (Å²) < 4.78 is 16.9. The third kappa shape index (κ3) is 3.85. The second-order valence-corrected chi connectivity index (χ2v) is 7.86. The summed E-state index contributed by atoms with van der Waals surface area (Å²) in [7, 11) is 1.64. The summed E-state index contributed by atoms with van der Waals surface area (Å²) in [6.45, 7) is 3.34. The Bertz CT molecular complexity index is 1260. The number of para-hydroxylation sites is 1. The maximum Gasteiger partial charge on any atom is 0.254 e.